The number of methoxy groups -OCH3 is 2. The third kappa shape index (κ3) is 4.74. The minimum Gasteiger partial charge on any atom is -0.497 e. The Kier molecular flexibility index (Phi) is 6.48. The smallest absolute Gasteiger partial charge is 0.222 e. The molecule has 0 aromatic carbocycles. The zero-order valence-corrected chi connectivity index (χ0v) is 16.1. The van der Waals surface area contributed by atoms with Gasteiger partial charge in [-0.15, -0.1) is 0 Å². The molecule has 0 radical (unpaired) electrons. The van der Waals surface area contributed by atoms with Crippen molar-refractivity contribution in [1.82, 2.24) is 14.8 Å². The number of rotatable bonds is 7. The molecule has 2 aliphatic rings. The summed E-state index contributed by atoms with van der Waals surface area (Å²) in [4.78, 5) is 21.4. The van der Waals surface area contributed by atoms with E-state index in [0.29, 0.717) is 18.9 Å². The van der Waals surface area contributed by atoms with E-state index in [1.54, 1.807) is 14.2 Å². The van der Waals surface area contributed by atoms with Crippen molar-refractivity contribution in [3.63, 3.8) is 0 Å². The van der Waals surface area contributed by atoms with E-state index in [1.807, 2.05) is 18.3 Å². The second-order valence-electron chi connectivity index (χ2n) is 7.66. The van der Waals surface area contributed by atoms with Crippen LogP contribution in [-0.4, -0.2) is 67.7 Å². The molecule has 2 aliphatic heterocycles. The Morgan fingerprint density at radius 3 is 2.96 bits per heavy atom. The topological polar surface area (TPSA) is 54.9 Å². The fourth-order valence-corrected chi connectivity index (χ4v) is 4.38. The van der Waals surface area contributed by atoms with Crippen molar-refractivity contribution >= 4 is 5.91 Å². The van der Waals surface area contributed by atoms with Crippen LogP contribution in [0, 0.1) is 5.41 Å². The van der Waals surface area contributed by atoms with Crippen molar-refractivity contribution in [3.05, 3.63) is 24.0 Å². The van der Waals surface area contributed by atoms with Gasteiger partial charge in [0.1, 0.15) is 5.75 Å². The van der Waals surface area contributed by atoms with Gasteiger partial charge in [-0.25, -0.2) is 0 Å². The molecule has 1 aromatic heterocycles. The number of amides is 1. The van der Waals surface area contributed by atoms with E-state index in [1.165, 1.54) is 12.8 Å². The maximum Gasteiger partial charge on any atom is 0.222 e. The van der Waals surface area contributed by atoms with Crippen LogP contribution in [0.15, 0.2) is 18.3 Å². The van der Waals surface area contributed by atoms with Gasteiger partial charge in [-0.05, 0) is 38.3 Å². The summed E-state index contributed by atoms with van der Waals surface area (Å²) in [6.07, 6.45) is 6.81. The molecule has 0 saturated carbocycles. The molecule has 1 spiro atoms. The largest absolute Gasteiger partial charge is 0.497 e. The first-order valence-electron chi connectivity index (χ1n) is 9.62. The summed E-state index contributed by atoms with van der Waals surface area (Å²) >= 11 is 0. The van der Waals surface area contributed by atoms with Gasteiger partial charge in [0.15, 0.2) is 0 Å². The molecule has 2 fully saturated rings. The van der Waals surface area contributed by atoms with Gasteiger partial charge in [0.05, 0.1) is 12.8 Å². The Labute approximate surface area is 156 Å². The van der Waals surface area contributed by atoms with Gasteiger partial charge in [-0.1, -0.05) is 0 Å². The number of ether oxygens (including phenoxy) is 2. The second kappa shape index (κ2) is 8.82. The molecule has 1 atom stereocenters. The van der Waals surface area contributed by atoms with E-state index in [4.69, 9.17) is 9.47 Å². The van der Waals surface area contributed by atoms with E-state index >= 15 is 0 Å². The maximum atomic E-state index is 12.3. The highest BCUT2D eigenvalue weighted by atomic mass is 16.5. The number of aromatic nitrogens is 1. The van der Waals surface area contributed by atoms with Crippen LogP contribution in [-0.2, 0) is 16.1 Å². The van der Waals surface area contributed by atoms with Crippen LogP contribution in [0.4, 0.5) is 0 Å². The van der Waals surface area contributed by atoms with Crippen LogP contribution >= 0.6 is 0 Å². The summed E-state index contributed by atoms with van der Waals surface area (Å²) in [5.41, 5.74) is 1.28. The number of likely N-dealkylation sites (tertiary alicyclic amines) is 2. The van der Waals surface area contributed by atoms with Gasteiger partial charge >= 0.3 is 0 Å². The number of hydrogen-bond acceptors (Lipinski definition) is 5. The van der Waals surface area contributed by atoms with Crippen LogP contribution in [0.2, 0.25) is 0 Å². The number of hydrogen-bond donors (Lipinski definition) is 0. The number of pyridine rings is 1. The van der Waals surface area contributed by atoms with Gasteiger partial charge < -0.3 is 14.4 Å². The predicted molar refractivity (Wildman–Crippen MR) is 100 cm³/mol. The second-order valence-corrected chi connectivity index (χ2v) is 7.66. The summed E-state index contributed by atoms with van der Waals surface area (Å²) < 4.78 is 10.5. The molecule has 1 amide bonds. The van der Waals surface area contributed by atoms with Crippen LogP contribution in [0.5, 0.6) is 5.75 Å². The van der Waals surface area contributed by atoms with Crippen LogP contribution in [0.3, 0.4) is 0 Å². The molecule has 3 heterocycles. The fraction of sp³-hybridized carbons (Fsp3) is 0.700. The average molecular weight is 361 g/mol. The van der Waals surface area contributed by atoms with Crippen molar-refractivity contribution < 1.29 is 14.3 Å². The highest BCUT2D eigenvalue weighted by Crippen LogP contribution is 2.39. The van der Waals surface area contributed by atoms with E-state index in [9.17, 15) is 4.79 Å². The summed E-state index contributed by atoms with van der Waals surface area (Å²) in [6, 6.07) is 3.90. The molecule has 6 nitrogen and oxygen atoms in total. The normalized spacial score (nSPS) is 24.2. The predicted octanol–water partition coefficient (Wildman–Crippen LogP) is 2.33. The molecule has 6 heteroatoms. The summed E-state index contributed by atoms with van der Waals surface area (Å²) in [6.45, 7) is 5.39. The molecule has 3 rings (SSSR count). The average Bonchev–Trinajstić information content (AvgIpc) is 2.65. The zero-order chi connectivity index (χ0) is 18.4. The third-order valence-corrected chi connectivity index (χ3v) is 5.67. The van der Waals surface area contributed by atoms with Gasteiger partial charge in [-0.2, -0.15) is 0 Å². The number of carbonyl (C=O) groups is 1. The lowest BCUT2D eigenvalue weighted by Crippen LogP contribution is -2.54. The summed E-state index contributed by atoms with van der Waals surface area (Å²) in [7, 11) is 3.40. The maximum absolute atomic E-state index is 12.3. The quantitative estimate of drug-likeness (QED) is 0.698. The molecule has 1 aromatic rings. The molecule has 1 unspecified atom stereocenters. The SMILES string of the molecule is COCCCN1CC2(CCCN(Cc3cc(OC)ccn3)C2)CCC1=O. The molecular formula is C20H31N3O3. The summed E-state index contributed by atoms with van der Waals surface area (Å²) in [5, 5.41) is 0. The molecule has 0 bridgehead atoms. The van der Waals surface area contributed by atoms with Crippen LogP contribution in [0.25, 0.3) is 0 Å². The lowest BCUT2D eigenvalue weighted by molar-refractivity contribution is -0.139. The van der Waals surface area contributed by atoms with Crippen LogP contribution in [0.1, 0.15) is 37.8 Å². The standard InChI is InChI=1S/C20H31N3O3/c1-25-12-4-11-23-16-20(8-5-19(23)24)7-3-10-22(15-20)14-17-13-18(26-2)6-9-21-17/h6,9,13H,3-5,7-8,10-12,14-16H2,1-2H3. The van der Waals surface area contributed by atoms with E-state index in [0.717, 1.165) is 57.0 Å². The molecule has 0 N–H and O–H groups in total. The van der Waals surface area contributed by atoms with Gasteiger partial charge in [0, 0.05) is 64.0 Å². The Hall–Kier alpha value is -1.66. The monoisotopic (exact) mass is 361 g/mol. The Morgan fingerprint density at radius 2 is 2.15 bits per heavy atom. The number of carbonyl (C=O) groups excluding carboxylic acids is 1. The molecule has 2 saturated heterocycles. The number of piperidine rings is 2. The first kappa shape index (κ1) is 19.1. The molecular weight excluding hydrogens is 330 g/mol. The van der Waals surface area contributed by atoms with Crippen molar-refractivity contribution in [2.45, 2.75) is 38.6 Å². The Balaban J connectivity index is 1.61. The van der Waals surface area contributed by atoms with Crippen molar-refractivity contribution in [3.8, 4) is 5.75 Å². The fourth-order valence-electron chi connectivity index (χ4n) is 4.38. The minimum absolute atomic E-state index is 0.234. The Morgan fingerprint density at radius 1 is 1.27 bits per heavy atom. The van der Waals surface area contributed by atoms with Gasteiger partial charge in [-0.3, -0.25) is 14.7 Å². The first-order chi connectivity index (χ1) is 12.6. The highest BCUT2D eigenvalue weighted by Gasteiger charge is 2.41. The number of nitrogens with zero attached hydrogens (tertiary/aromatic N) is 3. The van der Waals surface area contributed by atoms with Crippen molar-refractivity contribution in [2.75, 3.05) is 47.0 Å². The van der Waals surface area contributed by atoms with E-state index in [2.05, 4.69) is 14.8 Å². The lowest BCUT2D eigenvalue weighted by Gasteiger charge is -2.48. The lowest BCUT2D eigenvalue weighted by atomic mass is 9.73. The van der Waals surface area contributed by atoms with E-state index in [-0.39, 0.29) is 5.41 Å². The minimum atomic E-state index is 0.234. The van der Waals surface area contributed by atoms with Crippen molar-refractivity contribution in [2.24, 2.45) is 5.41 Å². The van der Waals surface area contributed by atoms with Crippen molar-refractivity contribution in [1.29, 1.82) is 0 Å². The molecule has 26 heavy (non-hydrogen) atoms. The highest BCUT2D eigenvalue weighted by molar-refractivity contribution is 5.77. The van der Waals surface area contributed by atoms with Crippen LogP contribution < -0.4 is 4.74 Å². The molecule has 144 valence electrons. The first-order valence-corrected chi connectivity index (χ1v) is 9.62. The third-order valence-electron chi connectivity index (χ3n) is 5.67. The zero-order valence-electron chi connectivity index (χ0n) is 16.1. The summed E-state index contributed by atoms with van der Waals surface area (Å²) in [5.74, 6) is 1.16. The van der Waals surface area contributed by atoms with Gasteiger partial charge in [0.25, 0.3) is 0 Å². The Bertz CT molecular complexity index is 610. The molecule has 0 aliphatic carbocycles. The van der Waals surface area contributed by atoms with Gasteiger partial charge in [0.2, 0.25) is 5.91 Å². The van der Waals surface area contributed by atoms with E-state index < -0.39 is 0 Å².